The van der Waals surface area contributed by atoms with E-state index in [-0.39, 0.29) is 50.4 Å². The normalized spacial score (nSPS) is 42.0. The second-order valence-corrected chi connectivity index (χ2v) is 20.1. The van der Waals surface area contributed by atoms with Crippen molar-refractivity contribution >= 4 is 16.9 Å². The third-order valence-corrected chi connectivity index (χ3v) is 14.4. The van der Waals surface area contributed by atoms with Crippen LogP contribution in [0.4, 0.5) is 0 Å². The summed E-state index contributed by atoms with van der Waals surface area (Å²) in [5.74, 6) is -2.54. The number of fused-ring (bicyclic) bond motifs is 1. The Labute approximate surface area is 384 Å². The van der Waals surface area contributed by atoms with Gasteiger partial charge in [-0.2, -0.15) is 0 Å². The number of likely N-dealkylation sites (N-methyl/N-ethyl adjacent to an activating group) is 1. The lowest BCUT2D eigenvalue weighted by atomic mass is 9.77. The van der Waals surface area contributed by atoms with E-state index in [0.29, 0.717) is 28.7 Å². The molecule has 4 heterocycles. The number of hydrogen-bond acceptors (Lipinski definition) is 17. The fourth-order valence-electron chi connectivity index (χ4n) is 10.5. The van der Waals surface area contributed by atoms with Crippen LogP contribution in [-0.4, -0.2) is 166 Å². The van der Waals surface area contributed by atoms with E-state index < -0.39 is 102 Å². The third kappa shape index (κ3) is 11.7. The minimum absolute atomic E-state index is 0.0871. The minimum atomic E-state index is -1.98. The number of esters is 1. The average Bonchev–Trinajstić information content (AvgIpc) is 3.24. The standard InChI is InChI=1S/C48H78N2O15/c1-15-36-48(10,57)41(53)29(6)50(24-31-19-37(51)62-35-20-32(58-13)16-17-33(31)35)23-25(2)21-46(8,56)43(65-45-39(52)34(49(11)12)18-26(3)60-45)27(4)40(28(5)44(55)63-36)64-38-22-47(9,59-14)42(54)30(7)61-38/h16-17,19-20,25-30,34,36,38-43,45,52-54,56-57H,15,18,21-24H2,1-14H3/t25-,26-,27+,28-,29-,30+,34+,36-,38+,39-,40+,41-,42+,43-,45?,46-,47-,48-/m1/s1. The molecule has 0 radical (unpaired) electrons. The molecule has 3 saturated heterocycles. The molecule has 1 unspecified atom stereocenters. The molecule has 2 aromatic rings. The van der Waals surface area contributed by atoms with Crippen LogP contribution in [0.5, 0.6) is 5.75 Å². The van der Waals surface area contributed by atoms with Crippen LogP contribution in [0.1, 0.15) is 100 Å². The quantitative estimate of drug-likeness (QED) is 0.170. The molecule has 3 aliphatic rings. The van der Waals surface area contributed by atoms with Crippen LogP contribution in [0.2, 0.25) is 0 Å². The van der Waals surface area contributed by atoms with Crippen LogP contribution in [0, 0.1) is 17.8 Å². The Morgan fingerprint density at radius 2 is 1.58 bits per heavy atom. The van der Waals surface area contributed by atoms with Gasteiger partial charge in [-0.15, -0.1) is 0 Å². The summed E-state index contributed by atoms with van der Waals surface area (Å²) in [4.78, 5) is 31.4. The number of nitrogens with zero attached hydrogens (tertiary/aromatic N) is 2. The number of aliphatic hydroxyl groups excluding tert-OH is 3. The summed E-state index contributed by atoms with van der Waals surface area (Å²) in [5, 5.41) is 60.9. The van der Waals surface area contributed by atoms with E-state index >= 15 is 0 Å². The SMILES string of the molecule is CC[C@H]1OC(=O)[C@H](C)[C@@H](O[C@H]2C[C@@](C)(OC)[C@@H](O)[C@H](C)O2)[C@H](C)[C@@H](OC2O[C@H](C)C[C@H](N(C)C)[C@H]2O)[C@](C)(O)C[C@@H](C)CN(Cc2cc(=O)oc3cc(OC)ccc23)[C@H](C)[C@@H](O)[C@]1(C)O. The zero-order valence-electron chi connectivity index (χ0n) is 40.9. The molecule has 5 rings (SSSR count). The lowest BCUT2D eigenvalue weighted by Crippen LogP contribution is -2.60. The fraction of sp³-hybridized carbons (Fsp3) is 0.792. The molecule has 65 heavy (non-hydrogen) atoms. The molecule has 1 aromatic carbocycles. The van der Waals surface area contributed by atoms with Crippen molar-refractivity contribution in [2.24, 2.45) is 17.8 Å². The Morgan fingerprint density at radius 1 is 0.908 bits per heavy atom. The number of hydrogen-bond donors (Lipinski definition) is 5. The van der Waals surface area contributed by atoms with Crippen LogP contribution in [0.3, 0.4) is 0 Å². The van der Waals surface area contributed by atoms with Gasteiger partial charge in [-0.1, -0.05) is 20.8 Å². The summed E-state index contributed by atoms with van der Waals surface area (Å²) >= 11 is 0. The molecule has 3 fully saturated rings. The van der Waals surface area contributed by atoms with Gasteiger partial charge in [-0.3, -0.25) is 9.69 Å². The van der Waals surface area contributed by atoms with Gasteiger partial charge in [-0.05, 0) is 105 Å². The maximum atomic E-state index is 14.6. The second kappa shape index (κ2) is 21.2. The van der Waals surface area contributed by atoms with E-state index in [0.717, 1.165) is 0 Å². The fourth-order valence-corrected chi connectivity index (χ4v) is 10.5. The van der Waals surface area contributed by atoms with Gasteiger partial charge >= 0.3 is 11.6 Å². The van der Waals surface area contributed by atoms with Crippen molar-refractivity contribution in [3.63, 3.8) is 0 Å². The van der Waals surface area contributed by atoms with Crippen LogP contribution in [-0.2, 0) is 39.8 Å². The monoisotopic (exact) mass is 923 g/mol. The van der Waals surface area contributed by atoms with E-state index in [2.05, 4.69) is 0 Å². The van der Waals surface area contributed by atoms with E-state index in [1.165, 1.54) is 27.2 Å². The lowest BCUT2D eigenvalue weighted by Gasteiger charge is -2.48. The minimum Gasteiger partial charge on any atom is -0.497 e. The highest BCUT2D eigenvalue weighted by molar-refractivity contribution is 5.81. The number of rotatable bonds is 10. The summed E-state index contributed by atoms with van der Waals surface area (Å²) in [7, 11) is 6.75. The molecule has 0 spiro atoms. The Hall–Kier alpha value is -2.78. The van der Waals surface area contributed by atoms with E-state index in [1.807, 2.05) is 37.7 Å². The molecule has 17 nitrogen and oxygen atoms in total. The molecule has 0 bridgehead atoms. The second-order valence-electron chi connectivity index (χ2n) is 20.1. The molecule has 0 amide bonds. The third-order valence-electron chi connectivity index (χ3n) is 14.4. The first kappa shape index (κ1) is 53.2. The molecule has 3 aliphatic heterocycles. The van der Waals surface area contributed by atoms with Crippen molar-refractivity contribution in [3.05, 3.63) is 40.2 Å². The molecule has 17 heteroatoms. The summed E-state index contributed by atoms with van der Waals surface area (Å²) in [6, 6.07) is 5.44. The molecular formula is C48H78N2O15. The van der Waals surface area contributed by atoms with Gasteiger partial charge in [0, 0.05) is 62.1 Å². The molecule has 18 atom stereocenters. The van der Waals surface area contributed by atoms with Crippen molar-refractivity contribution in [3.8, 4) is 5.75 Å². The first-order valence-electron chi connectivity index (χ1n) is 23.2. The summed E-state index contributed by atoms with van der Waals surface area (Å²) < 4.78 is 49.0. The predicted molar refractivity (Wildman–Crippen MR) is 241 cm³/mol. The van der Waals surface area contributed by atoms with Gasteiger partial charge < -0.3 is 68.0 Å². The molecule has 0 saturated carbocycles. The van der Waals surface area contributed by atoms with Gasteiger partial charge in [-0.25, -0.2) is 4.79 Å². The highest BCUT2D eigenvalue weighted by Gasteiger charge is 2.53. The summed E-state index contributed by atoms with van der Waals surface area (Å²) in [6.45, 7) is 17.7. The zero-order valence-corrected chi connectivity index (χ0v) is 40.9. The summed E-state index contributed by atoms with van der Waals surface area (Å²) in [5.41, 5.74) is -4.43. The van der Waals surface area contributed by atoms with Crippen molar-refractivity contribution in [2.75, 3.05) is 34.9 Å². The number of aliphatic hydroxyl groups is 5. The Bertz CT molecular complexity index is 1940. The van der Waals surface area contributed by atoms with Crippen LogP contribution >= 0.6 is 0 Å². The number of methoxy groups -OCH3 is 2. The maximum Gasteiger partial charge on any atom is 0.336 e. The maximum absolute atomic E-state index is 14.6. The average molecular weight is 923 g/mol. The van der Waals surface area contributed by atoms with Crippen molar-refractivity contribution in [1.82, 2.24) is 9.80 Å². The molecule has 0 aliphatic carbocycles. The van der Waals surface area contributed by atoms with Crippen molar-refractivity contribution < 1.29 is 67.9 Å². The lowest BCUT2D eigenvalue weighted by molar-refractivity contribution is -0.318. The largest absolute Gasteiger partial charge is 0.497 e. The van der Waals surface area contributed by atoms with Crippen LogP contribution in [0.25, 0.3) is 11.0 Å². The molecular weight excluding hydrogens is 845 g/mol. The van der Waals surface area contributed by atoms with E-state index in [4.69, 9.17) is 37.6 Å². The molecule has 5 N–H and O–H groups in total. The number of carbonyl (C=O) groups is 1. The highest BCUT2D eigenvalue weighted by atomic mass is 16.7. The van der Waals surface area contributed by atoms with Gasteiger partial charge in [0.25, 0.3) is 0 Å². The van der Waals surface area contributed by atoms with Crippen molar-refractivity contribution in [1.29, 1.82) is 0 Å². The Morgan fingerprint density at radius 3 is 2.20 bits per heavy atom. The van der Waals surface area contributed by atoms with Crippen LogP contribution in [0.15, 0.2) is 33.5 Å². The van der Waals surface area contributed by atoms with Gasteiger partial charge in [0.1, 0.15) is 41.3 Å². The van der Waals surface area contributed by atoms with Gasteiger partial charge in [0.2, 0.25) is 0 Å². The first-order valence-corrected chi connectivity index (χ1v) is 23.2. The van der Waals surface area contributed by atoms with Crippen molar-refractivity contribution in [2.45, 2.75) is 192 Å². The Balaban J connectivity index is 1.64. The number of ether oxygens (including phenoxy) is 7. The number of benzene rings is 1. The Kier molecular flexibility index (Phi) is 17.4. The molecule has 370 valence electrons. The van der Waals surface area contributed by atoms with Crippen LogP contribution < -0.4 is 10.4 Å². The highest BCUT2D eigenvalue weighted by Crippen LogP contribution is 2.40. The predicted octanol–water partition coefficient (Wildman–Crippen LogP) is 3.59. The number of carbonyl (C=O) groups excluding carboxylic acids is 1. The smallest absolute Gasteiger partial charge is 0.336 e. The van der Waals surface area contributed by atoms with E-state index in [9.17, 15) is 35.1 Å². The van der Waals surface area contributed by atoms with Gasteiger partial charge in [0.05, 0.1) is 48.6 Å². The number of cyclic esters (lactones) is 1. The van der Waals surface area contributed by atoms with E-state index in [1.54, 1.807) is 66.7 Å². The summed E-state index contributed by atoms with van der Waals surface area (Å²) in [6.07, 6.45) is -9.43. The topological polar surface area (TPSA) is 220 Å². The first-order chi connectivity index (χ1) is 30.3. The molecule has 1 aromatic heterocycles. The van der Waals surface area contributed by atoms with Gasteiger partial charge in [0.15, 0.2) is 12.6 Å². The zero-order chi connectivity index (χ0) is 48.5.